The molecule has 1 saturated heterocycles. The standard InChI is InChI=1S/C16H26N4O/c1-3-6-17-15-5-7-18-16(12-15)13-19-8-4-9-20(11-10-19)14(2)21/h5,7,12H,3-4,6,8-11,13H2,1-2H3,(H,17,18). The monoisotopic (exact) mass is 290 g/mol. The van der Waals surface area contributed by atoms with Crippen LogP contribution in [0, 0.1) is 0 Å². The molecule has 5 heteroatoms. The van der Waals surface area contributed by atoms with Gasteiger partial charge in [0, 0.05) is 58.1 Å². The first-order valence-corrected chi connectivity index (χ1v) is 7.85. The van der Waals surface area contributed by atoms with E-state index in [-0.39, 0.29) is 5.91 Å². The average Bonchev–Trinajstić information content (AvgIpc) is 2.71. The van der Waals surface area contributed by atoms with Crippen LogP contribution in [0.5, 0.6) is 0 Å². The minimum atomic E-state index is 0.181. The quantitative estimate of drug-likeness (QED) is 0.900. The Bertz CT molecular complexity index is 463. The zero-order valence-electron chi connectivity index (χ0n) is 13.1. The molecule has 21 heavy (non-hydrogen) atoms. The van der Waals surface area contributed by atoms with Crippen molar-refractivity contribution in [1.29, 1.82) is 0 Å². The highest BCUT2D eigenvalue weighted by Gasteiger charge is 2.16. The molecule has 2 rings (SSSR count). The molecule has 0 aromatic carbocycles. The molecule has 2 heterocycles. The summed E-state index contributed by atoms with van der Waals surface area (Å²) >= 11 is 0. The summed E-state index contributed by atoms with van der Waals surface area (Å²) in [5.74, 6) is 0.181. The van der Waals surface area contributed by atoms with E-state index in [1.165, 1.54) is 0 Å². The van der Waals surface area contributed by atoms with Gasteiger partial charge in [-0.15, -0.1) is 0 Å². The molecule has 116 valence electrons. The van der Waals surface area contributed by atoms with Crippen LogP contribution in [-0.4, -0.2) is 53.4 Å². The highest BCUT2D eigenvalue weighted by Crippen LogP contribution is 2.12. The maximum absolute atomic E-state index is 11.4. The summed E-state index contributed by atoms with van der Waals surface area (Å²) < 4.78 is 0. The van der Waals surface area contributed by atoms with Crippen molar-refractivity contribution in [3.05, 3.63) is 24.0 Å². The summed E-state index contributed by atoms with van der Waals surface area (Å²) in [5.41, 5.74) is 2.23. The van der Waals surface area contributed by atoms with Gasteiger partial charge in [-0.05, 0) is 25.0 Å². The molecular weight excluding hydrogens is 264 g/mol. The SMILES string of the molecule is CCCNc1ccnc(CN2CCCN(C(C)=O)CC2)c1. The second kappa shape index (κ2) is 7.98. The summed E-state index contributed by atoms with van der Waals surface area (Å²) in [6.07, 6.45) is 4.02. The highest BCUT2D eigenvalue weighted by molar-refractivity contribution is 5.73. The van der Waals surface area contributed by atoms with Crippen molar-refractivity contribution in [1.82, 2.24) is 14.8 Å². The van der Waals surface area contributed by atoms with Crippen molar-refractivity contribution in [2.24, 2.45) is 0 Å². The molecule has 0 spiro atoms. The number of hydrogen-bond donors (Lipinski definition) is 1. The minimum Gasteiger partial charge on any atom is -0.385 e. The summed E-state index contributed by atoms with van der Waals surface area (Å²) in [6, 6.07) is 4.14. The predicted octanol–water partition coefficient (Wildman–Crippen LogP) is 1.96. The molecule has 1 N–H and O–H groups in total. The van der Waals surface area contributed by atoms with Gasteiger partial charge in [0.25, 0.3) is 0 Å². The largest absolute Gasteiger partial charge is 0.385 e. The predicted molar refractivity (Wildman–Crippen MR) is 85.2 cm³/mol. The lowest BCUT2D eigenvalue weighted by atomic mass is 10.2. The summed E-state index contributed by atoms with van der Waals surface area (Å²) in [4.78, 5) is 20.2. The average molecular weight is 290 g/mol. The van der Waals surface area contributed by atoms with Gasteiger partial charge in [0.2, 0.25) is 5.91 Å². The molecule has 0 saturated carbocycles. The molecule has 0 atom stereocenters. The number of amides is 1. The lowest BCUT2D eigenvalue weighted by molar-refractivity contribution is -0.128. The van der Waals surface area contributed by atoms with E-state index in [2.05, 4.69) is 28.2 Å². The first kappa shape index (κ1) is 15.8. The van der Waals surface area contributed by atoms with E-state index in [1.807, 2.05) is 17.2 Å². The molecule has 0 radical (unpaired) electrons. The zero-order valence-corrected chi connectivity index (χ0v) is 13.1. The Morgan fingerprint density at radius 1 is 1.33 bits per heavy atom. The number of aromatic nitrogens is 1. The van der Waals surface area contributed by atoms with Crippen molar-refractivity contribution in [3.8, 4) is 0 Å². The number of nitrogens with zero attached hydrogens (tertiary/aromatic N) is 3. The fraction of sp³-hybridized carbons (Fsp3) is 0.625. The van der Waals surface area contributed by atoms with Crippen LogP contribution in [-0.2, 0) is 11.3 Å². The maximum Gasteiger partial charge on any atom is 0.219 e. The smallest absolute Gasteiger partial charge is 0.219 e. The third-order valence-electron chi connectivity index (χ3n) is 3.82. The second-order valence-corrected chi connectivity index (χ2v) is 5.60. The van der Waals surface area contributed by atoms with Gasteiger partial charge in [0.15, 0.2) is 0 Å². The Balaban J connectivity index is 1.90. The first-order chi connectivity index (χ1) is 10.2. The van der Waals surface area contributed by atoms with E-state index in [9.17, 15) is 4.79 Å². The van der Waals surface area contributed by atoms with E-state index in [0.717, 1.165) is 63.5 Å². The summed E-state index contributed by atoms with van der Waals surface area (Å²) in [7, 11) is 0. The van der Waals surface area contributed by atoms with Crippen LogP contribution in [0.4, 0.5) is 5.69 Å². The number of hydrogen-bond acceptors (Lipinski definition) is 4. The van der Waals surface area contributed by atoms with Crippen molar-refractivity contribution in [2.45, 2.75) is 33.2 Å². The first-order valence-electron chi connectivity index (χ1n) is 7.85. The Hall–Kier alpha value is -1.62. The topological polar surface area (TPSA) is 48.5 Å². The molecule has 1 fully saturated rings. The fourth-order valence-electron chi connectivity index (χ4n) is 2.62. The van der Waals surface area contributed by atoms with E-state index in [0.29, 0.717) is 0 Å². The number of anilines is 1. The molecule has 0 aliphatic carbocycles. The molecule has 0 bridgehead atoms. The third kappa shape index (κ3) is 5.01. The van der Waals surface area contributed by atoms with Gasteiger partial charge in [0.1, 0.15) is 0 Å². The Labute approximate surface area is 127 Å². The molecular formula is C16H26N4O. The fourth-order valence-corrected chi connectivity index (χ4v) is 2.62. The van der Waals surface area contributed by atoms with Gasteiger partial charge in [-0.2, -0.15) is 0 Å². The molecule has 1 amide bonds. The van der Waals surface area contributed by atoms with Gasteiger partial charge < -0.3 is 10.2 Å². The van der Waals surface area contributed by atoms with Crippen LogP contribution in [0.3, 0.4) is 0 Å². The number of rotatable bonds is 5. The van der Waals surface area contributed by atoms with Crippen LogP contribution >= 0.6 is 0 Å². The van der Waals surface area contributed by atoms with Crippen LogP contribution in [0.15, 0.2) is 18.3 Å². The molecule has 1 aliphatic rings. The Kier molecular flexibility index (Phi) is 5.99. The number of carbonyl (C=O) groups excluding carboxylic acids is 1. The van der Waals surface area contributed by atoms with E-state index >= 15 is 0 Å². The lowest BCUT2D eigenvalue weighted by Gasteiger charge is -2.21. The minimum absolute atomic E-state index is 0.181. The number of carbonyl (C=O) groups is 1. The van der Waals surface area contributed by atoms with Gasteiger partial charge in [-0.3, -0.25) is 14.7 Å². The van der Waals surface area contributed by atoms with Gasteiger partial charge in [-0.1, -0.05) is 6.92 Å². The third-order valence-corrected chi connectivity index (χ3v) is 3.82. The zero-order chi connectivity index (χ0) is 15.1. The lowest BCUT2D eigenvalue weighted by Crippen LogP contribution is -2.33. The molecule has 1 aromatic rings. The van der Waals surface area contributed by atoms with Crippen LogP contribution < -0.4 is 5.32 Å². The second-order valence-electron chi connectivity index (χ2n) is 5.60. The highest BCUT2D eigenvalue weighted by atomic mass is 16.2. The van der Waals surface area contributed by atoms with Crippen LogP contribution in [0.25, 0.3) is 0 Å². The number of nitrogens with one attached hydrogen (secondary N) is 1. The van der Waals surface area contributed by atoms with E-state index < -0.39 is 0 Å². The van der Waals surface area contributed by atoms with Gasteiger partial charge >= 0.3 is 0 Å². The number of pyridine rings is 1. The summed E-state index contributed by atoms with van der Waals surface area (Å²) in [5, 5.41) is 3.39. The Morgan fingerprint density at radius 3 is 2.95 bits per heavy atom. The normalized spacial score (nSPS) is 16.6. The van der Waals surface area contributed by atoms with Gasteiger partial charge in [0.05, 0.1) is 5.69 Å². The van der Waals surface area contributed by atoms with Gasteiger partial charge in [-0.25, -0.2) is 0 Å². The van der Waals surface area contributed by atoms with Crippen molar-refractivity contribution < 1.29 is 4.79 Å². The van der Waals surface area contributed by atoms with Crippen LogP contribution in [0.2, 0.25) is 0 Å². The molecule has 0 unspecified atom stereocenters. The van der Waals surface area contributed by atoms with Crippen molar-refractivity contribution in [3.63, 3.8) is 0 Å². The molecule has 1 aliphatic heterocycles. The van der Waals surface area contributed by atoms with Crippen molar-refractivity contribution >= 4 is 11.6 Å². The summed E-state index contributed by atoms with van der Waals surface area (Å²) in [6.45, 7) is 9.30. The molecule has 1 aromatic heterocycles. The van der Waals surface area contributed by atoms with Crippen LogP contribution in [0.1, 0.15) is 32.4 Å². The Morgan fingerprint density at radius 2 is 2.19 bits per heavy atom. The molecule has 5 nitrogen and oxygen atoms in total. The van der Waals surface area contributed by atoms with E-state index in [4.69, 9.17) is 0 Å². The van der Waals surface area contributed by atoms with E-state index in [1.54, 1.807) is 6.92 Å². The maximum atomic E-state index is 11.4. The van der Waals surface area contributed by atoms with Crippen molar-refractivity contribution in [2.75, 3.05) is 38.0 Å².